The van der Waals surface area contributed by atoms with Crippen LogP contribution in [0.3, 0.4) is 0 Å². The minimum atomic E-state index is -3.51. The van der Waals surface area contributed by atoms with Crippen molar-refractivity contribution in [2.24, 2.45) is 0 Å². The van der Waals surface area contributed by atoms with E-state index in [0.29, 0.717) is 5.75 Å². The van der Waals surface area contributed by atoms with E-state index < -0.39 is 21.7 Å². The molecule has 2 rings (SSSR count). The molecule has 0 aliphatic rings. The molecule has 0 unspecified atom stereocenters. The molecule has 0 fully saturated rings. The smallest absolute Gasteiger partial charge is 0.340 e. The van der Waals surface area contributed by atoms with Gasteiger partial charge in [-0.3, -0.25) is 4.79 Å². The van der Waals surface area contributed by atoms with Crippen molar-refractivity contribution in [3.05, 3.63) is 52.5 Å². The van der Waals surface area contributed by atoms with Crippen molar-refractivity contribution < 1.29 is 27.5 Å². The molecule has 0 radical (unpaired) electrons. The number of nitrogens with one attached hydrogen (secondary N) is 1. The summed E-state index contributed by atoms with van der Waals surface area (Å²) >= 11 is 3.30. The molecule has 0 saturated carbocycles. The Morgan fingerprint density at radius 2 is 1.77 bits per heavy atom. The molecule has 0 spiro atoms. The first kappa shape index (κ1) is 19.9. The fraction of sp³-hybridized carbons (Fsp3) is 0.176. The van der Waals surface area contributed by atoms with Crippen LogP contribution >= 0.6 is 15.9 Å². The molecule has 2 aromatic carbocycles. The Bertz CT molecular complexity index is 925. The second-order valence-corrected chi connectivity index (χ2v) is 8.19. The maximum absolute atomic E-state index is 12.1. The highest BCUT2D eigenvalue weighted by Gasteiger charge is 2.18. The Kier molecular flexibility index (Phi) is 6.38. The molecule has 0 bridgehead atoms. The highest BCUT2D eigenvalue weighted by molar-refractivity contribution is 9.10. The molecule has 0 saturated heterocycles. The Labute approximate surface area is 159 Å². The lowest BCUT2D eigenvalue weighted by atomic mass is 10.2. The SMILES string of the molecule is COC(=O)c1cc(S(C)(=O)=O)ccc1NC(=O)COc1ccc(Br)cc1. The molecule has 138 valence electrons. The first-order chi connectivity index (χ1) is 12.2. The first-order valence-electron chi connectivity index (χ1n) is 7.31. The van der Waals surface area contributed by atoms with Crippen molar-refractivity contribution in [1.82, 2.24) is 0 Å². The molecule has 9 heteroatoms. The van der Waals surface area contributed by atoms with Crippen LogP contribution in [-0.4, -0.2) is 40.3 Å². The standard InChI is InChI=1S/C17H16BrNO6S/c1-24-17(21)14-9-13(26(2,22)23)7-8-15(14)19-16(20)10-25-12-5-3-11(18)4-6-12/h3-9H,10H2,1-2H3,(H,19,20). The molecule has 1 amide bonds. The lowest BCUT2D eigenvalue weighted by Crippen LogP contribution is -2.22. The third-order valence-corrected chi connectivity index (χ3v) is 4.92. The van der Waals surface area contributed by atoms with Crippen molar-refractivity contribution in [3.8, 4) is 5.75 Å². The predicted molar refractivity (Wildman–Crippen MR) is 99.2 cm³/mol. The number of esters is 1. The maximum atomic E-state index is 12.1. The average Bonchev–Trinajstić information content (AvgIpc) is 2.60. The van der Waals surface area contributed by atoms with Crippen molar-refractivity contribution in [1.29, 1.82) is 0 Å². The maximum Gasteiger partial charge on any atom is 0.340 e. The molecule has 0 heterocycles. The van der Waals surface area contributed by atoms with Gasteiger partial charge in [0.2, 0.25) is 0 Å². The van der Waals surface area contributed by atoms with Gasteiger partial charge in [0.05, 0.1) is 23.3 Å². The summed E-state index contributed by atoms with van der Waals surface area (Å²) in [6.45, 7) is -0.282. The van der Waals surface area contributed by atoms with Gasteiger partial charge in [-0.1, -0.05) is 15.9 Å². The molecular weight excluding hydrogens is 426 g/mol. The normalized spacial score (nSPS) is 10.9. The van der Waals surface area contributed by atoms with Gasteiger partial charge in [0, 0.05) is 10.7 Å². The zero-order valence-electron chi connectivity index (χ0n) is 14.0. The van der Waals surface area contributed by atoms with Crippen LogP contribution in [0.2, 0.25) is 0 Å². The van der Waals surface area contributed by atoms with Crippen molar-refractivity contribution in [2.45, 2.75) is 4.90 Å². The van der Waals surface area contributed by atoms with Crippen LogP contribution in [0.15, 0.2) is 51.8 Å². The van der Waals surface area contributed by atoms with E-state index in [2.05, 4.69) is 26.0 Å². The summed E-state index contributed by atoms with van der Waals surface area (Å²) in [5.41, 5.74) is 0.0704. The quantitative estimate of drug-likeness (QED) is 0.691. The van der Waals surface area contributed by atoms with Crippen molar-refractivity contribution >= 4 is 43.3 Å². The van der Waals surface area contributed by atoms with Crippen LogP contribution in [0.25, 0.3) is 0 Å². The Morgan fingerprint density at radius 3 is 2.35 bits per heavy atom. The summed E-state index contributed by atoms with van der Waals surface area (Å²) in [5.74, 6) is -0.770. The van der Waals surface area contributed by atoms with E-state index in [0.717, 1.165) is 23.9 Å². The third-order valence-electron chi connectivity index (χ3n) is 3.28. The van der Waals surface area contributed by atoms with E-state index in [-0.39, 0.29) is 22.8 Å². The number of benzene rings is 2. The minimum Gasteiger partial charge on any atom is -0.484 e. The summed E-state index contributed by atoms with van der Waals surface area (Å²) < 4.78 is 34.2. The van der Waals surface area contributed by atoms with Gasteiger partial charge in [-0.15, -0.1) is 0 Å². The summed E-state index contributed by atoms with van der Waals surface area (Å²) in [6, 6.07) is 10.7. The number of amides is 1. The van der Waals surface area contributed by atoms with E-state index in [1.807, 2.05) is 0 Å². The van der Waals surface area contributed by atoms with Gasteiger partial charge < -0.3 is 14.8 Å². The number of hydrogen-bond acceptors (Lipinski definition) is 6. The predicted octanol–water partition coefficient (Wildman–Crippen LogP) is 2.66. The van der Waals surface area contributed by atoms with Gasteiger partial charge >= 0.3 is 5.97 Å². The number of hydrogen-bond donors (Lipinski definition) is 1. The van der Waals surface area contributed by atoms with Crippen molar-refractivity contribution in [2.75, 3.05) is 25.3 Å². The lowest BCUT2D eigenvalue weighted by molar-refractivity contribution is -0.118. The van der Waals surface area contributed by atoms with Gasteiger partial charge in [0.1, 0.15) is 5.75 Å². The largest absolute Gasteiger partial charge is 0.484 e. The number of carbonyl (C=O) groups excluding carboxylic acids is 2. The average molecular weight is 442 g/mol. The monoisotopic (exact) mass is 441 g/mol. The summed E-state index contributed by atoms with van der Waals surface area (Å²) in [6.07, 6.45) is 1.02. The number of anilines is 1. The highest BCUT2D eigenvalue weighted by Crippen LogP contribution is 2.22. The first-order valence-corrected chi connectivity index (χ1v) is 10.00. The van der Waals surface area contributed by atoms with Crippen LogP contribution in [0.5, 0.6) is 5.75 Å². The molecule has 1 N–H and O–H groups in total. The van der Waals surface area contributed by atoms with E-state index in [9.17, 15) is 18.0 Å². The second kappa shape index (κ2) is 8.33. The van der Waals surface area contributed by atoms with E-state index in [1.54, 1.807) is 24.3 Å². The molecule has 7 nitrogen and oxygen atoms in total. The molecule has 0 aliphatic carbocycles. The number of rotatable bonds is 6. The number of halogens is 1. The lowest BCUT2D eigenvalue weighted by Gasteiger charge is -2.12. The molecule has 0 aliphatic heterocycles. The zero-order chi connectivity index (χ0) is 19.3. The highest BCUT2D eigenvalue weighted by atomic mass is 79.9. The van der Waals surface area contributed by atoms with Crippen LogP contribution < -0.4 is 10.1 Å². The van der Waals surface area contributed by atoms with Crippen molar-refractivity contribution in [3.63, 3.8) is 0 Å². The Hall–Kier alpha value is -2.39. The summed E-state index contributed by atoms with van der Waals surface area (Å²) in [4.78, 5) is 23.9. The number of sulfone groups is 1. The van der Waals surface area contributed by atoms with Crippen LogP contribution in [-0.2, 0) is 19.4 Å². The van der Waals surface area contributed by atoms with Gasteiger partial charge in [-0.25, -0.2) is 13.2 Å². The van der Waals surface area contributed by atoms with E-state index >= 15 is 0 Å². The Morgan fingerprint density at radius 1 is 1.12 bits per heavy atom. The van der Waals surface area contributed by atoms with E-state index in [4.69, 9.17) is 4.74 Å². The third kappa shape index (κ3) is 5.30. The molecule has 0 atom stereocenters. The van der Waals surface area contributed by atoms with Crippen LogP contribution in [0.1, 0.15) is 10.4 Å². The summed E-state index contributed by atoms with van der Waals surface area (Å²) in [5, 5.41) is 2.52. The second-order valence-electron chi connectivity index (χ2n) is 5.26. The number of ether oxygens (including phenoxy) is 2. The zero-order valence-corrected chi connectivity index (χ0v) is 16.4. The van der Waals surface area contributed by atoms with Gasteiger partial charge in [-0.2, -0.15) is 0 Å². The molecular formula is C17H16BrNO6S. The van der Waals surface area contributed by atoms with Gasteiger partial charge in [0.15, 0.2) is 16.4 Å². The van der Waals surface area contributed by atoms with Gasteiger partial charge in [-0.05, 0) is 42.5 Å². The molecule has 26 heavy (non-hydrogen) atoms. The number of methoxy groups -OCH3 is 1. The molecule has 2 aromatic rings. The number of carbonyl (C=O) groups is 2. The summed E-state index contributed by atoms with van der Waals surface area (Å²) in [7, 11) is -2.35. The molecule has 0 aromatic heterocycles. The van der Waals surface area contributed by atoms with Crippen LogP contribution in [0, 0.1) is 0 Å². The minimum absolute atomic E-state index is 0.0537. The topological polar surface area (TPSA) is 98.8 Å². The fourth-order valence-electron chi connectivity index (χ4n) is 2.01. The fourth-order valence-corrected chi connectivity index (χ4v) is 2.92. The van der Waals surface area contributed by atoms with E-state index in [1.165, 1.54) is 12.1 Å². The Balaban J connectivity index is 2.15. The van der Waals surface area contributed by atoms with Crippen LogP contribution in [0.4, 0.5) is 5.69 Å². The van der Waals surface area contributed by atoms with Gasteiger partial charge in [0.25, 0.3) is 5.91 Å².